The predicted octanol–water partition coefficient (Wildman–Crippen LogP) is 2.79. The summed E-state index contributed by atoms with van der Waals surface area (Å²) in [7, 11) is 0. The highest BCUT2D eigenvalue weighted by atomic mass is 19.4. The molecule has 1 atom stereocenters. The molecule has 3 aromatic rings. The van der Waals surface area contributed by atoms with Crippen LogP contribution >= 0.6 is 0 Å². The number of hydrogen-bond acceptors (Lipinski definition) is 7. The first-order valence-corrected chi connectivity index (χ1v) is 9.91. The molecule has 4 heterocycles. The number of aliphatic hydroxyl groups is 1. The topological polar surface area (TPSA) is 108 Å². The average molecular weight is 438 g/mol. The van der Waals surface area contributed by atoms with Crippen molar-refractivity contribution in [2.24, 2.45) is 0 Å². The van der Waals surface area contributed by atoms with E-state index < -0.39 is 17.5 Å². The van der Waals surface area contributed by atoms with Crippen LogP contribution in [0.25, 0.3) is 11.2 Å². The van der Waals surface area contributed by atoms with Gasteiger partial charge in [0, 0.05) is 30.4 Å². The van der Waals surface area contributed by atoms with Gasteiger partial charge >= 0.3 is 6.18 Å². The van der Waals surface area contributed by atoms with Crippen LogP contribution in [0.4, 0.5) is 24.9 Å². The third-order valence-corrected chi connectivity index (χ3v) is 5.01. The number of β-amino-alcohol motifs (C(OH)–C–C–N with tert-alkyl or cyclic N) is 1. The molecule has 31 heavy (non-hydrogen) atoms. The van der Waals surface area contributed by atoms with Gasteiger partial charge in [-0.2, -0.15) is 28.2 Å². The number of aromatic amines is 1. The molecular formula is C19H25F3N8O. The van der Waals surface area contributed by atoms with Crippen molar-refractivity contribution in [3.05, 3.63) is 23.8 Å². The highest BCUT2D eigenvalue weighted by Crippen LogP contribution is 2.33. The predicted molar refractivity (Wildman–Crippen MR) is 109 cm³/mol. The molecule has 1 saturated heterocycles. The van der Waals surface area contributed by atoms with E-state index in [0.717, 1.165) is 0 Å². The maximum absolute atomic E-state index is 13.2. The molecule has 1 unspecified atom stereocenters. The molecule has 0 amide bonds. The normalized spacial score (nSPS) is 20.1. The largest absolute Gasteiger partial charge is 0.435 e. The first kappa shape index (κ1) is 21.3. The number of alkyl halides is 3. The highest BCUT2D eigenvalue weighted by Gasteiger charge is 2.37. The second-order valence-corrected chi connectivity index (χ2v) is 9.22. The summed E-state index contributed by atoms with van der Waals surface area (Å²) >= 11 is 0. The van der Waals surface area contributed by atoms with Crippen LogP contribution in [0.3, 0.4) is 0 Å². The number of fused-ring (bicyclic) bond motifs is 1. The van der Waals surface area contributed by atoms with E-state index >= 15 is 0 Å². The average Bonchev–Trinajstić information content (AvgIpc) is 3.32. The Morgan fingerprint density at radius 1 is 1.26 bits per heavy atom. The van der Waals surface area contributed by atoms with Crippen LogP contribution in [0, 0.1) is 0 Å². The lowest BCUT2D eigenvalue weighted by molar-refractivity contribution is -0.141. The molecule has 1 aliphatic rings. The molecule has 168 valence electrons. The van der Waals surface area contributed by atoms with Crippen molar-refractivity contribution in [1.82, 2.24) is 29.7 Å². The molecule has 1 fully saturated rings. The number of nitrogens with zero attached hydrogens (tertiary/aromatic N) is 6. The van der Waals surface area contributed by atoms with Crippen LogP contribution in [-0.4, -0.2) is 59.1 Å². The molecule has 1 aliphatic heterocycles. The Kier molecular flexibility index (Phi) is 4.87. The number of hydrogen-bond donors (Lipinski definition) is 3. The van der Waals surface area contributed by atoms with Crippen LogP contribution in [0.15, 0.2) is 12.5 Å². The Balaban J connectivity index is 1.79. The van der Waals surface area contributed by atoms with E-state index in [1.165, 1.54) is 12.5 Å². The zero-order valence-electron chi connectivity index (χ0n) is 17.7. The van der Waals surface area contributed by atoms with Crippen LogP contribution < -0.4 is 10.2 Å². The summed E-state index contributed by atoms with van der Waals surface area (Å²) in [4.78, 5) is 15.5. The van der Waals surface area contributed by atoms with Crippen molar-refractivity contribution in [1.29, 1.82) is 0 Å². The molecule has 3 N–H and O–H groups in total. The summed E-state index contributed by atoms with van der Waals surface area (Å²) in [5.74, 6) is 0.878. The molecule has 12 heteroatoms. The fraction of sp³-hybridized carbons (Fsp3) is 0.579. The number of H-pyrrole nitrogens is 1. The molecule has 0 aliphatic carbocycles. The smallest absolute Gasteiger partial charge is 0.388 e. The number of rotatable bonds is 4. The standard InChI is InChI=1S/C19H25F3N8O/c1-17(2,3)27-16-25-14(29-6-5-18(4,31)9-29)12-15(26-16)30(10-23-12)8-11-7-24-28-13(11)19(20,21)22/h7,10,31H,5-6,8-9H2,1-4H3,(H,24,28)(H,25,26,27). The molecule has 0 radical (unpaired) electrons. The molecule has 0 aromatic carbocycles. The van der Waals surface area contributed by atoms with Crippen LogP contribution in [-0.2, 0) is 12.7 Å². The number of nitrogens with one attached hydrogen (secondary N) is 2. The van der Waals surface area contributed by atoms with Crippen molar-refractivity contribution < 1.29 is 18.3 Å². The Hall–Kier alpha value is -2.89. The fourth-order valence-electron chi connectivity index (χ4n) is 3.65. The molecule has 3 aromatic heterocycles. The van der Waals surface area contributed by atoms with Gasteiger partial charge in [-0.05, 0) is 34.1 Å². The van der Waals surface area contributed by atoms with Crippen molar-refractivity contribution >= 4 is 22.9 Å². The first-order valence-electron chi connectivity index (χ1n) is 9.91. The Labute approximate surface area is 176 Å². The lowest BCUT2D eigenvalue weighted by Crippen LogP contribution is -2.31. The number of imidazole rings is 1. The van der Waals surface area contributed by atoms with Gasteiger partial charge in [-0.1, -0.05) is 0 Å². The third-order valence-electron chi connectivity index (χ3n) is 5.01. The lowest BCUT2D eigenvalue weighted by atomic mass is 10.1. The van der Waals surface area contributed by atoms with Gasteiger partial charge in [-0.15, -0.1) is 0 Å². The quantitative estimate of drug-likeness (QED) is 0.575. The van der Waals surface area contributed by atoms with E-state index in [4.69, 9.17) is 0 Å². The van der Waals surface area contributed by atoms with Crippen molar-refractivity contribution in [3.8, 4) is 0 Å². The van der Waals surface area contributed by atoms with Gasteiger partial charge in [0.05, 0.1) is 18.5 Å². The molecule has 9 nitrogen and oxygen atoms in total. The van der Waals surface area contributed by atoms with Gasteiger partial charge in [-0.25, -0.2) is 4.98 Å². The molecular weight excluding hydrogens is 413 g/mol. The number of aromatic nitrogens is 6. The van der Waals surface area contributed by atoms with Crippen LogP contribution in [0.5, 0.6) is 0 Å². The van der Waals surface area contributed by atoms with Crippen molar-refractivity contribution in [2.75, 3.05) is 23.3 Å². The van der Waals surface area contributed by atoms with Gasteiger partial charge in [0.1, 0.15) is 0 Å². The summed E-state index contributed by atoms with van der Waals surface area (Å²) in [5, 5.41) is 19.2. The van der Waals surface area contributed by atoms with Gasteiger partial charge < -0.3 is 19.9 Å². The summed E-state index contributed by atoms with van der Waals surface area (Å²) < 4.78 is 41.3. The van der Waals surface area contributed by atoms with Crippen molar-refractivity contribution in [3.63, 3.8) is 0 Å². The second-order valence-electron chi connectivity index (χ2n) is 9.22. The first-order chi connectivity index (χ1) is 14.3. The van der Waals surface area contributed by atoms with Gasteiger partial charge in [0.15, 0.2) is 22.7 Å². The summed E-state index contributed by atoms with van der Waals surface area (Å²) in [5.41, 5.74) is -1.30. The molecule has 0 spiro atoms. The zero-order valence-corrected chi connectivity index (χ0v) is 17.7. The number of halogens is 3. The summed E-state index contributed by atoms with van der Waals surface area (Å²) in [6.45, 7) is 8.49. The minimum atomic E-state index is -4.56. The second kappa shape index (κ2) is 7.08. The summed E-state index contributed by atoms with van der Waals surface area (Å²) in [6.07, 6.45) is -1.31. The Morgan fingerprint density at radius 3 is 2.61 bits per heavy atom. The van der Waals surface area contributed by atoms with Gasteiger partial charge in [0.25, 0.3) is 0 Å². The number of anilines is 2. The van der Waals surface area contributed by atoms with E-state index in [0.29, 0.717) is 42.4 Å². The summed E-state index contributed by atoms with van der Waals surface area (Å²) in [6, 6.07) is 0. The van der Waals surface area contributed by atoms with Gasteiger partial charge in [-0.3, -0.25) is 5.10 Å². The van der Waals surface area contributed by atoms with Gasteiger partial charge in [0.2, 0.25) is 5.95 Å². The maximum Gasteiger partial charge on any atom is 0.435 e. The Morgan fingerprint density at radius 2 is 2.00 bits per heavy atom. The Bertz CT molecular complexity index is 1100. The van der Waals surface area contributed by atoms with E-state index in [2.05, 4.69) is 30.5 Å². The van der Waals surface area contributed by atoms with E-state index in [9.17, 15) is 18.3 Å². The van der Waals surface area contributed by atoms with Crippen molar-refractivity contribution in [2.45, 2.75) is 58.0 Å². The zero-order chi connectivity index (χ0) is 22.6. The highest BCUT2D eigenvalue weighted by molar-refractivity contribution is 5.85. The fourth-order valence-corrected chi connectivity index (χ4v) is 3.65. The van der Waals surface area contributed by atoms with E-state index in [-0.39, 0.29) is 17.6 Å². The van der Waals surface area contributed by atoms with E-state index in [1.807, 2.05) is 25.7 Å². The minimum Gasteiger partial charge on any atom is -0.388 e. The molecule has 0 bridgehead atoms. The van der Waals surface area contributed by atoms with E-state index in [1.54, 1.807) is 11.5 Å². The van der Waals surface area contributed by atoms with Crippen LogP contribution in [0.1, 0.15) is 45.4 Å². The third kappa shape index (κ3) is 4.43. The SMILES string of the molecule is CC1(O)CCN(c2nc(NC(C)(C)C)nc3c2ncn3Cc2c[nH]nc2C(F)(F)F)C1. The molecule has 0 saturated carbocycles. The molecule has 4 rings (SSSR count). The van der Waals surface area contributed by atoms with Crippen LogP contribution in [0.2, 0.25) is 0 Å². The minimum absolute atomic E-state index is 0.0126. The maximum atomic E-state index is 13.2. The lowest BCUT2D eigenvalue weighted by Gasteiger charge is -2.24. The monoisotopic (exact) mass is 438 g/mol.